The molecule has 0 unspecified atom stereocenters. The van der Waals surface area contributed by atoms with E-state index in [1.54, 1.807) is 12.4 Å². The molecule has 0 bridgehead atoms. The van der Waals surface area contributed by atoms with Gasteiger partial charge in [0.1, 0.15) is 0 Å². The van der Waals surface area contributed by atoms with E-state index in [-0.39, 0.29) is 5.41 Å². The first kappa shape index (κ1) is 17.7. The van der Waals surface area contributed by atoms with Gasteiger partial charge in [0.15, 0.2) is 5.78 Å². The molecule has 0 amide bonds. The first-order valence-corrected chi connectivity index (χ1v) is 10.3. The Kier molecular flexibility index (Phi) is 4.62. The Morgan fingerprint density at radius 1 is 1.00 bits per heavy atom. The lowest BCUT2D eigenvalue weighted by molar-refractivity contribution is -0.116. The Morgan fingerprint density at radius 3 is 2.50 bits per heavy atom. The molecule has 26 heavy (non-hydrogen) atoms. The van der Waals surface area contributed by atoms with E-state index in [9.17, 15) is 4.79 Å². The number of pyridine rings is 1. The molecule has 5 rings (SSSR count). The van der Waals surface area contributed by atoms with Crippen molar-refractivity contribution in [3.05, 3.63) is 54.4 Å². The van der Waals surface area contributed by atoms with E-state index in [1.807, 2.05) is 24.3 Å². The van der Waals surface area contributed by atoms with Crippen molar-refractivity contribution in [1.82, 2.24) is 4.98 Å². The van der Waals surface area contributed by atoms with Gasteiger partial charge in [-0.3, -0.25) is 9.78 Å². The summed E-state index contributed by atoms with van der Waals surface area (Å²) in [6, 6.07) is 5.72. The molecule has 138 valence electrons. The maximum atomic E-state index is 11.7. The van der Waals surface area contributed by atoms with Gasteiger partial charge in [-0.15, -0.1) is 0 Å². The third-order valence-electron chi connectivity index (χ3n) is 7.86. The molecular formula is C24H31NO. The third kappa shape index (κ3) is 2.98. The van der Waals surface area contributed by atoms with Gasteiger partial charge in [0.05, 0.1) is 0 Å². The number of carbonyl (C=O) groups is 1. The van der Waals surface area contributed by atoms with Gasteiger partial charge in [-0.25, -0.2) is 0 Å². The van der Waals surface area contributed by atoms with Crippen molar-refractivity contribution in [2.45, 2.75) is 58.8 Å². The standard InChI is InChI=1S/C19H26O.C5H5N/c1-18-9-3-4-16(18)15-6-5-13-12-14(20)7-11-19(13,2)17(15)8-10-18;1-2-4-6-5-3-1/h5-6,12,15-17H,3-4,7-11H2,1-2H3;1-5H/t15-,16-,17-,18-,19-;/m0./s1. The average molecular weight is 350 g/mol. The molecule has 0 N–H and O–H groups in total. The van der Waals surface area contributed by atoms with E-state index in [0.29, 0.717) is 11.2 Å². The maximum Gasteiger partial charge on any atom is 0.156 e. The van der Waals surface area contributed by atoms with Crippen LogP contribution in [-0.4, -0.2) is 10.8 Å². The summed E-state index contributed by atoms with van der Waals surface area (Å²) >= 11 is 0. The van der Waals surface area contributed by atoms with E-state index in [2.05, 4.69) is 31.0 Å². The van der Waals surface area contributed by atoms with E-state index in [4.69, 9.17) is 0 Å². The molecule has 2 heteroatoms. The zero-order valence-corrected chi connectivity index (χ0v) is 16.2. The third-order valence-corrected chi connectivity index (χ3v) is 7.86. The fraction of sp³-hybridized carbons (Fsp3) is 0.583. The van der Waals surface area contributed by atoms with E-state index >= 15 is 0 Å². The minimum Gasteiger partial charge on any atom is -0.295 e. The fourth-order valence-corrected chi connectivity index (χ4v) is 6.30. The van der Waals surface area contributed by atoms with Crippen molar-refractivity contribution < 1.29 is 4.79 Å². The Hall–Kier alpha value is -1.70. The van der Waals surface area contributed by atoms with Crippen molar-refractivity contribution >= 4 is 5.78 Å². The van der Waals surface area contributed by atoms with Crippen LogP contribution in [0.25, 0.3) is 0 Å². The first-order valence-electron chi connectivity index (χ1n) is 10.3. The highest BCUT2D eigenvalue weighted by Crippen LogP contribution is 2.63. The Balaban J connectivity index is 0.000000240. The highest BCUT2D eigenvalue weighted by atomic mass is 16.1. The monoisotopic (exact) mass is 349 g/mol. The summed E-state index contributed by atoms with van der Waals surface area (Å²) < 4.78 is 0. The SMILES string of the molecule is C[C@@]12CCC[C@H]1[C@@H]1C=CC3=CC(=O)CC[C@]3(C)[C@H]1CC2.c1ccncc1. The van der Waals surface area contributed by atoms with Crippen LogP contribution in [0.3, 0.4) is 0 Å². The molecule has 2 nitrogen and oxygen atoms in total. The van der Waals surface area contributed by atoms with Crippen LogP contribution >= 0.6 is 0 Å². The minimum atomic E-state index is 0.275. The molecule has 1 aromatic heterocycles. The lowest BCUT2D eigenvalue weighted by atomic mass is 9.49. The van der Waals surface area contributed by atoms with Crippen molar-refractivity contribution in [3.8, 4) is 0 Å². The number of hydrogen-bond donors (Lipinski definition) is 0. The zero-order chi connectivity index (χ0) is 18.2. The van der Waals surface area contributed by atoms with Crippen LogP contribution in [0.5, 0.6) is 0 Å². The van der Waals surface area contributed by atoms with Gasteiger partial charge in [0.25, 0.3) is 0 Å². The molecule has 5 atom stereocenters. The zero-order valence-electron chi connectivity index (χ0n) is 16.2. The van der Waals surface area contributed by atoms with E-state index in [1.165, 1.54) is 37.7 Å². The van der Waals surface area contributed by atoms with Gasteiger partial charge in [-0.2, -0.15) is 0 Å². The van der Waals surface area contributed by atoms with Crippen LogP contribution in [0.2, 0.25) is 0 Å². The summed E-state index contributed by atoms with van der Waals surface area (Å²) in [5.74, 6) is 2.78. The van der Waals surface area contributed by atoms with Crippen LogP contribution in [0.1, 0.15) is 58.8 Å². The highest BCUT2D eigenvalue weighted by molar-refractivity contribution is 5.92. The molecule has 0 aromatic carbocycles. The number of aromatic nitrogens is 1. The van der Waals surface area contributed by atoms with Crippen LogP contribution < -0.4 is 0 Å². The second kappa shape index (κ2) is 6.79. The molecule has 2 saturated carbocycles. The van der Waals surface area contributed by atoms with Crippen molar-refractivity contribution in [3.63, 3.8) is 0 Å². The molecule has 0 saturated heterocycles. The summed E-state index contributed by atoms with van der Waals surface area (Å²) in [4.78, 5) is 15.5. The predicted octanol–water partition coefficient (Wildman–Crippen LogP) is 5.77. The lowest BCUT2D eigenvalue weighted by Crippen LogP contribution is -2.47. The van der Waals surface area contributed by atoms with Gasteiger partial charge >= 0.3 is 0 Å². The van der Waals surface area contributed by atoms with Gasteiger partial charge < -0.3 is 0 Å². The lowest BCUT2D eigenvalue weighted by Gasteiger charge is -2.55. The number of carbonyl (C=O) groups excluding carboxylic acids is 1. The van der Waals surface area contributed by atoms with Gasteiger partial charge in [-0.05, 0) is 84.5 Å². The van der Waals surface area contributed by atoms with Gasteiger partial charge in [-0.1, -0.05) is 38.5 Å². The normalized spacial score (nSPS) is 40.5. The number of hydrogen-bond acceptors (Lipinski definition) is 2. The second-order valence-electron chi connectivity index (χ2n) is 9.24. The minimum absolute atomic E-state index is 0.275. The Morgan fingerprint density at radius 2 is 1.81 bits per heavy atom. The largest absolute Gasteiger partial charge is 0.295 e. The topological polar surface area (TPSA) is 30.0 Å². The van der Waals surface area contributed by atoms with Crippen molar-refractivity contribution in [1.29, 1.82) is 0 Å². The number of nitrogens with zero attached hydrogens (tertiary/aromatic N) is 1. The molecular weight excluding hydrogens is 318 g/mol. The fourth-order valence-electron chi connectivity index (χ4n) is 6.30. The number of fused-ring (bicyclic) bond motifs is 5. The maximum absolute atomic E-state index is 11.7. The summed E-state index contributed by atoms with van der Waals surface area (Å²) in [6.45, 7) is 4.97. The molecule has 1 heterocycles. The van der Waals surface area contributed by atoms with Crippen molar-refractivity contribution in [2.75, 3.05) is 0 Å². The van der Waals surface area contributed by atoms with Gasteiger partial charge in [0.2, 0.25) is 0 Å². The summed E-state index contributed by atoms with van der Waals surface area (Å²) in [7, 11) is 0. The van der Waals surface area contributed by atoms with E-state index in [0.717, 1.165) is 30.6 Å². The molecule has 0 aliphatic heterocycles. The molecule has 1 aromatic rings. The summed E-state index contributed by atoms with van der Waals surface area (Å²) in [5.41, 5.74) is 2.21. The number of allylic oxidation sites excluding steroid dienone is 4. The summed E-state index contributed by atoms with van der Waals surface area (Å²) in [5, 5.41) is 0. The molecule has 0 radical (unpaired) electrons. The second-order valence-corrected chi connectivity index (χ2v) is 9.24. The summed E-state index contributed by atoms with van der Waals surface area (Å²) in [6.07, 6.45) is 19.1. The van der Waals surface area contributed by atoms with Gasteiger partial charge in [0, 0.05) is 18.8 Å². The molecule has 0 spiro atoms. The Labute approximate surface area is 157 Å². The molecule has 4 aliphatic rings. The molecule has 4 aliphatic carbocycles. The number of ketones is 1. The van der Waals surface area contributed by atoms with Crippen molar-refractivity contribution in [2.24, 2.45) is 28.6 Å². The Bertz CT molecular complexity index is 694. The predicted molar refractivity (Wildman–Crippen MR) is 105 cm³/mol. The van der Waals surface area contributed by atoms with Crippen LogP contribution in [-0.2, 0) is 4.79 Å². The number of rotatable bonds is 0. The smallest absolute Gasteiger partial charge is 0.156 e. The van der Waals surface area contributed by atoms with Crippen LogP contribution in [0.15, 0.2) is 54.4 Å². The average Bonchev–Trinajstić information content (AvgIpc) is 3.06. The molecule has 2 fully saturated rings. The quantitative estimate of drug-likeness (QED) is 0.595. The van der Waals surface area contributed by atoms with Crippen LogP contribution in [0.4, 0.5) is 0 Å². The van der Waals surface area contributed by atoms with E-state index < -0.39 is 0 Å². The first-order chi connectivity index (χ1) is 12.5. The van der Waals surface area contributed by atoms with Crippen LogP contribution in [0, 0.1) is 28.6 Å². The highest BCUT2D eigenvalue weighted by Gasteiger charge is 2.54.